The third-order valence-electron chi connectivity index (χ3n) is 3.95. The summed E-state index contributed by atoms with van der Waals surface area (Å²) in [7, 11) is 0. The predicted octanol–water partition coefficient (Wildman–Crippen LogP) is 5.31. The zero-order chi connectivity index (χ0) is 18.2. The van der Waals surface area contributed by atoms with Crippen LogP contribution in [0.5, 0.6) is 5.75 Å². The van der Waals surface area contributed by atoms with Crippen LogP contribution < -0.4 is 10.1 Å². The van der Waals surface area contributed by atoms with Gasteiger partial charge >= 0.3 is 0 Å². The van der Waals surface area contributed by atoms with Crippen LogP contribution in [-0.4, -0.2) is 5.78 Å². The Morgan fingerprint density at radius 3 is 2.12 bits per heavy atom. The zero-order valence-electron chi connectivity index (χ0n) is 14.7. The molecule has 0 amide bonds. The van der Waals surface area contributed by atoms with Crippen LogP contribution in [0.15, 0.2) is 91.1 Å². The van der Waals surface area contributed by atoms with Crippen molar-refractivity contribution in [3.63, 3.8) is 0 Å². The summed E-state index contributed by atoms with van der Waals surface area (Å²) in [5, 5.41) is 3.19. The van der Waals surface area contributed by atoms with Crippen molar-refractivity contribution in [3.8, 4) is 5.75 Å². The molecule has 0 unspecified atom stereocenters. The van der Waals surface area contributed by atoms with E-state index in [2.05, 4.69) is 5.32 Å². The summed E-state index contributed by atoms with van der Waals surface area (Å²) in [6.07, 6.45) is 1.75. The van der Waals surface area contributed by atoms with Crippen LogP contribution >= 0.6 is 0 Å². The monoisotopic (exact) mass is 343 g/mol. The van der Waals surface area contributed by atoms with Gasteiger partial charge in [-0.25, -0.2) is 0 Å². The predicted molar refractivity (Wildman–Crippen MR) is 106 cm³/mol. The number of hydrogen-bond donors (Lipinski definition) is 1. The number of carbonyl (C=O) groups excluding carboxylic acids is 1. The van der Waals surface area contributed by atoms with Crippen LogP contribution in [0.3, 0.4) is 0 Å². The van der Waals surface area contributed by atoms with E-state index in [4.69, 9.17) is 4.74 Å². The molecule has 0 bridgehead atoms. The number of rotatable bonds is 7. The van der Waals surface area contributed by atoms with Gasteiger partial charge in [-0.1, -0.05) is 60.7 Å². The summed E-state index contributed by atoms with van der Waals surface area (Å²) >= 11 is 0. The molecule has 1 N–H and O–H groups in total. The molecule has 3 aromatic carbocycles. The molecule has 0 aromatic heterocycles. The van der Waals surface area contributed by atoms with Crippen molar-refractivity contribution in [2.45, 2.75) is 13.5 Å². The maximum Gasteiger partial charge on any atom is 0.161 e. The molecule has 0 saturated heterocycles. The highest BCUT2D eigenvalue weighted by Crippen LogP contribution is 2.19. The van der Waals surface area contributed by atoms with Crippen LogP contribution in [0.4, 0.5) is 5.69 Å². The second kappa shape index (κ2) is 8.67. The summed E-state index contributed by atoms with van der Waals surface area (Å²) in [5.74, 6) is 0.824. The molecular weight excluding hydrogens is 322 g/mol. The lowest BCUT2D eigenvalue weighted by molar-refractivity contribution is -0.111. The fourth-order valence-corrected chi connectivity index (χ4v) is 2.55. The van der Waals surface area contributed by atoms with Crippen LogP contribution in [0.2, 0.25) is 0 Å². The van der Waals surface area contributed by atoms with Crippen molar-refractivity contribution in [1.29, 1.82) is 0 Å². The SMILES string of the molecule is CC(=O)/C(=C/Nc1ccc(OCc2ccccc2)cc1)c1ccccc1. The van der Waals surface area contributed by atoms with Gasteiger partial charge in [0.05, 0.1) is 0 Å². The van der Waals surface area contributed by atoms with Crippen LogP contribution in [0.1, 0.15) is 18.1 Å². The lowest BCUT2D eigenvalue weighted by Crippen LogP contribution is -2.00. The minimum absolute atomic E-state index is 0.0199. The van der Waals surface area contributed by atoms with Gasteiger partial charge < -0.3 is 10.1 Å². The smallest absolute Gasteiger partial charge is 0.161 e. The van der Waals surface area contributed by atoms with Gasteiger partial charge in [-0.15, -0.1) is 0 Å². The molecule has 3 aromatic rings. The highest BCUT2D eigenvalue weighted by molar-refractivity contribution is 6.19. The number of ether oxygens (including phenoxy) is 1. The van der Waals surface area contributed by atoms with Crippen molar-refractivity contribution in [3.05, 3.63) is 102 Å². The van der Waals surface area contributed by atoms with E-state index in [0.717, 1.165) is 22.6 Å². The van der Waals surface area contributed by atoms with Gasteiger partial charge in [0.15, 0.2) is 5.78 Å². The number of ketones is 1. The van der Waals surface area contributed by atoms with Crippen LogP contribution in [0, 0.1) is 0 Å². The molecule has 130 valence electrons. The van der Waals surface area contributed by atoms with Crippen LogP contribution in [-0.2, 0) is 11.4 Å². The molecule has 0 atom stereocenters. The van der Waals surface area contributed by atoms with Gasteiger partial charge in [0.2, 0.25) is 0 Å². The zero-order valence-corrected chi connectivity index (χ0v) is 14.7. The standard InChI is InChI=1S/C23H21NO2/c1-18(25)23(20-10-6-3-7-11-20)16-24-21-12-14-22(15-13-21)26-17-19-8-4-2-5-9-19/h2-16,24H,17H2,1H3/b23-16-. The maximum absolute atomic E-state index is 11.9. The largest absolute Gasteiger partial charge is 0.489 e. The van der Waals surface area contributed by atoms with Gasteiger partial charge in [-0.2, -0.15) is 0 Å². The third-order valence-corrected chi connectivity index (χ3v) is 3.95. The Hall–Kier alpha value is -3.33. The average Bonchev–Trinajstić information content (AvgIpc) is 2.69. The topological polar surface area (TPSA) is 38.3 Å². The van der Waals surface area contributed by atoms with Gasteiger partial charge in [0.25, 0.3) is 0 Å². The number of benzene rings is 3. The quantitative estimate of drug-likeness (QED) is 0.591. The fourth-order valence-electron chi connectivity index (χ4n) is 2.55. The molecule has 0 heterocycles. The van der Waals surface area contributed by atoms with Crippen molar-refractivity contribution in [1.82, 2.24) is 0 Å². The Bertz CT molecular complexity index is 869. The van der Waals surface area contributed by atoms with E-state index in [1.807, 2.05) is 84.9 Å². The molecule has 0 aliphatic rings. The first-order chi connectivity index (χ1) is 12.7. The first-order valence-electron chi connectivity index (χ1n) is 8.52. The van der Waals surface area contributed by atoms with Gasteiger partial charge in [-0.3, -0.25) is 4.79 Å². The summed E-state index contributed by atoms with van der Waals surface area (Å²) in [4.78, 5) is 11.9. The first kappa shape index (κ1) is 17.5. The number of anilines is 1. The summed E-state index contributed by atoms with van der Waals surface area (Å²) in [6, 6.07) is 27.4. The van der Waals surface area contributed by atoms with Crippen molar-refractivity contribution >= 4 is 17.0 Å². The molecule has 0 spiro atoms. The molecule has 3 heteroatoms. The van der Waals surface area contributed by atoms with Crippen molar-refractivity contribution in [2.75, 3.05) is 5.32 Å². The van der Waals surface area contributed by atoms with Crippen molar-refractivity contribution < 1.29 is 9.53 Å². The molecule has 0 fully saturated rings. The first-order valence-corrected chi connectivity index (χ1v) is 8.52. The summed E-state index contributed by atoms with van der Waals surface area (Å²) in [6.45, 7) is 2.11. The van der Waals surface area contributed by atoms with E-state index in [1.54, 1.807) is 13.1 Å². The van der Waals surface area contributed by atoms with Crippen LogP contribution in [0.25, 0.3) is 5.57 Å². The molecular formula is C23H21NO2. The van der Waals surface area contributed by atoms with Gasteiger partial charge in [-0.05, 0) is 42.3 Å². The van der Waals surface area contributed by atoms with E-state index in [0.29, 0.717) is 12.2 Å². The molecule has 0 saturated carbocycles. The van der Waals surface area contributed by atoms with E-state index < -0.39 is 0 Å². The van der Waals surface area contributed by atoms with E-state index in [-0.39, 0.29) is 5.78 Å². The highest BCUT2D eigenvalue weighted by Gasteiger charge is 2.06. The normalized spacial score (nSPS) is 11.0. The van der Waals surface area contributed by atoms with E-state index >= 15 is 0 Å². The Kier molecular flexibility index (Phi) is 5.84. The van der Waals surface area contributed by atoms with Gasteiger partial charge in [0.1, 0.15) is 12.4 Å². The second-order valence-corrected chi connectivity index (χ2v) is 5.92. The fraction of sp³-hybridized carbons (Fsp3) is 0.0870. The van der Waals surface area contributed by atoms with Crippen molar-refractivity contribution in [2.24, 2.45) is 0 Å². The Labute approximate surface area is 154 Å². The third kappa shape index (κ3) is 4.84. The maximum atomic E-state index is 11.9. The summed E-state index contributed by atoms with van der Waals surface area (Å²) < 4.78 is 5.78. The van der Waals surface area contributed by atoms with E-state index in [9.17, 15) is 4.79 Å². The Balaban J connectivity index is 1.64. The number of carbonyl (C=O) groups is 1. The number of Topliss-reactive ketones (excluding diaryl/α,β-unsaturated/α-hetero) is 1. The van der Waals surface area contributed by atoms with E-state index in [1.165, 1.54) is 0 Å². The number of hydrogen-bond acceptors (Lipinski definition) is 3. The Morgan fingerprint density at radius 1 is 0.885 bits per heavy atom. The highest BCUT2D eigenvalue weighted by atomic mass is 16.5. The second-order valence-electron chi connectivity index (χ2n) is 5.92. The molecule has 0 aliphatic heterocycles. The molecule has 3 rings (SSSR count). The lowest BCUT2D eigenvalue weighted by atomic mass is 10.0. The molecule has 3 nitrogen and oxygen atoms in total. The van der Waals surface area contributed by atoms with Gasteiger partial charge in [0, 0.05) is 17.5 Å². The minimum atomic E-state index is 0.0199. The molecule has 26 heavy (non-hydrogen) atoms. The Morgan fingerprint density at radius 2 is 1.50 bits per heavy atom. The number of nitrogens with one attached hydrogen (secondary N) is 1. The average molecular weight is 343 g/mol. The molecule has 0 aliphatic carbocycles. The molecule has 0 radical (unpaired) electrons. The summed E-state index contributed by atoms with van der Waals surface area (Å²) in [5.41, 5.74) is 3.57. The lowest BCUT2D eigenvalue weighted by Gasteiger charge is -2.09. The minimum Gasteiger partial charge on any atom is -0.489 e. The number of allylic oxidation sites excluding steroid dienone is 1.